The van der Waals surface area contributed by atoms with Gasteiger partial charge >= 0.3 is 6.09 Å². The molecule has 1 fully saturated rings. The molecule has 1 aliphatic carbocycles. The van der Waals surface area contributed by atoms with E-state index < -0.39 is 11.7 Å². The van der Waals surface area contributed by atoms with E-state index in [0.29, 0.717) is 30.6 Å². The van der Waals surface area contributed by atoms with Crippen LogP contribution in [-0.2, 0) is 4.74 Å². The molecule has 10 heteroatoms. The predicted octanol–water partition coefficient (Wildman–Crippen LogP) is 5.74. The first-order valence-electron chi connectivity index (χ1n) is 12.1. The largest absolute Gasteiger partial charge is 0.444 e. The Kier molecular flexibility index (Phi) is 8.04. The van der Waals surface area contributed by atoms with Crippen molar-refractivity contribution in [1.29, 1.82) is 0 Å². The van der Waals surface area contributed by atoms with E-state index in [1.807, 2.05) is 56.6 Å². The molecular formula is C26H32N6O3S. The van der Waals surface area contributed by atoms with Crippen molar-refractivity contribution in [3.8, 4) is 0 Å². The summed E-state index contributed by atoms with van der Waals surface area (Å²) in [5.41, 5.74) is 1.89. The SMILES string of the molecule is CC(C)(C)OC(=O)Nc1cccc(Nc2ncc(C3CC3)c(NCCCNC(=O)c3cccs3)n2)c1. The van der Waals surface area contributed by atoms with Gasteiger partial charge in [-0.25, -0.2) is 9.78 Å². The summed E-state index contributed by atoms with van der Waals surface area (Å²) < 4.78 is 5.32. The van der Waals surface area contributed by atoms with Crippen molar-refractivity contribution >= 4 is 46.5 Å². The average molecular weight is 509 g/mol. The molecule has 1 aromatic carbocycles. The molecule has 2 amide bonds. The van der Waals surface area contributed by atoms with Gasteiger partial charge in [0.15, 0.2) is 0 Å². The maximum Gasteiger partial charge on any atom is 0.412 e. The van der Waals surface area contributed by atoms with E-state index in [0.717, 1.165) is 41.2 Å². The molecule has 3 aromatic rings. The summed E-state index contributed by atoms with van der Waals surface area (Å²) in [6.45, 7) is 6.71. The molecule has 0 unspecified atom stereocenters. The van der Waals surface area contributed by atoms with Gasteiger partial charge in [-0.05, 0) is 75.6 Å². The smallest absolute Gasteiger partial charge is 0.412 e. The maximum atomic E-state index is 12.1. The molecule has 0 saturated heterocycles. The molecule has 0 aliphatic heterocycles. The lowest BCUT2D eigenvalue weighted by Crippen LogP contribution is -2.27. The molecule has 0 radical (unpaired) electrons. The zero-order chi connectivity index (χ0) is 25.5. The number of amides is 2. The van der Waals surface area contributed by atoms with E-state index in [9.17, 15) is 9.59 Å². The van der Waals surface area contributed by atoms with Crippen LogP contribution in [0, 0.1) is 0 Å². The van der Waals surface area contributed by atoms with Crippen LogP contribution in [0.15, 0.2) is 48.0 Å². The minimum atomic E-state index is -0.573. The number of anilines is 4. The highest BCUT2D eigenvalue weighted by atomic mass is 32.1. The number of aromatic nitrogens is 2. The molecule has 2 aromatic heterocycles. The van der Waals surface area contributed by atoms with Crippen molar-refractivity contribution in [2.75, 3.05) is 29.0 Å². The van der Waals surface area contributed by atoms with Crippen LogP contribution in [-0.4, -0.2) is 40.7 Å². The number of nitrogens with zero attached hydrogens (tertiary/aromatic N) is 2. The number of carbonyl (C=O) groups is 2. The Bertz CT molecular complexity index is 1190. The Morgan fingerprint density at radius 2 is 1.92 bits per heavy atom. The Morgan fingerprint density at radius 3 is 2.64 bits per heavy atom. The lowest BCUT2D eigenvalue weighted by molar-refractivity contribution is 0.0635. The number of benzene rings is 1. The second-order valence-corrected chi connectivity index (χ2v) is 10.6. The zero-order valence-electron chi connectivity index (χ0n) is 20.8. The van der Waals surface area contributed by atoms with Crippen molar-refractivity contribution in [2.24, 2.45) is 0 Å². The zero-order valence-corrected chi connectivity index (χ0v) is 21.6. The van der Waals surface area contributed by atoms with Gasteiger partial charge in [-0.1, -0.05) is 12.1 Å². The molecule has 1 aliphatic rings. The topological polar surface area (TPSA) is 117 Å². The summed E-state index contributed by atoms with van der Waals surface area (Å²) in [4.78, 5) is 34.1. The summed E-state index contributed by atoms with van der Waals surface area (Å²) in [6, 6.07) is 11.0. The Morgan fingerprint density at radius 1 is 1.11 bits per heavy atom. The summed E-state index contributed by atoms with van der Waals surface area (Å²) in [5, 5.41) is 14.2. The third-order valence-electron chi connectivity index (χ3n) is 5.27. The van der Waals surface area contributed by atoms with E-state index in [1.165, 1.54) is 11.3 Å². The highest BCUT2D eigenvalue weighted by Gasteiger charge is 2.27. The average Bonchev–Trinajstić information content (AvgIpc) is 3.50. The quantitative estimate of drug-likeness (QED) is 0.258. The highest BCUT2D eigenvalue weighted by Crippen LogP contribution is 2.42. The van der Waals surface area contributed by atoms with Crippen molar-refractivity contribution in [1.82, 2.24) is 15.3 Å². The normalized spacial score (nSPS) is 13.1. The van der Waals surface area contributed by atoms with Gasteiger partial charge in [-0.3, -0.25) is 10.1 Å². The molecule has 0 atom stereocenters. The van der Waals surface area contributed by atoms with Gasteiger partial charge in [0.2, 0.25) is 5.95 Å². The van der Waals surface area contributed by atoms with Gasteiger partial charge in [-0.2, -0.15) is 4.98 Å². The minimum absolute atomic E-state index is 0.0411. The van der Waals surface area contributed by atoms with Crippen LogP contribution in [0.1, 0.15) is 61.2 Å². The molecule has 190 valence electrons. The molecule has 36 heavy (non-hydrogen) atoms. The Labute approximate surface area is 215 Å². The van der Waals surface area contributed by atoms with E-state index in [1.54, 1.807) is 12.1 Å². The van der Waals surface area contributed by atoms with Crippen LogP contribution in [0.25, 0.3) is 0 Å². The van der Waals surface area contributed by atoms with Crippen molar-refractivity contribution < 1.29 is 14.3 Å². The van der Waals surface area contributed by atoms with Gasteiger partial charge in [0.05, 0.1) is 4.88 Å². The van der Waals surface area contributed by atoms with Crippen molar-refractivity contribution in [3.05, 3.63) is 58.4 Å². The van der Waals surface area contributed by atoms with Crippen LogP contribution in [0.4, 0.5) is 27.9 Å². The lowest BCUT2D eigenvalue weighted by Gasteiger charge is -2.19. The summed E-state index contributed by atoms with van der Waals surface area (Å²) in [7, 11) is 0. The molecular weight excluding hydrogens is 476 g/mol. The van der Waals surface area contributed by atoms with Crippen LogP contribution < -0.4 is 21.3 Å². The van der Waals surface area contributed by atoms with Crippen LogP contribution in [0.2, 0.25) is 0 Å². The van der Waals surface area contributed by atoms with Gasteiger partial charge < -0.3 is 20.7 Å². The van der Waals surface area contributed by atoms with Gasteiger partial charge in [-0.15, -0.1) is 11.3 Å². The molecule has 9 nitrogen and oxygen atoms in total. The van der Waals surface area contributed by atoms with E-state index >= 15 is 0 Å². The third-order valence-corrected chi connectivity index (χ3v) is 6.14. The fraction of sp³-hybridized carbons (Fsp3) is 0.385. The first-order chi connectivity index (χ1) is 17.3. The fourth-order valence-electron chi connectivity index (χ4n) is 3.50. The number of ether oxygens (including phenoxy) is 1. The number of thiophene rings is 1. The number of hydrogen-bond donors (Lipinski definition) is 4. The first-order valence-corrected chi connectivity index (χ1v) is 12.9. The van der Waals surface area contributed by atoms with Crippen LogP contribution in [0.5, 0.6) is 0 Å². The second-order valence-electron chi connectivity index (χ2n) is 9.62. The fourth-order valence-corrected chi connectivity index (χ4v) is 4.14. The minimum Gasteiger partial charge on any atom is -0.444 e. The van der Waals surface area contributed by atoms with E-state index in [-0.39, 0.29) is 5.91 Å². The van der Waals surface area contributed by atoms with Gasteiger partial charge in [0.25, 0.3) is 5.91 Å². The molecule has 2 heterocycles. The number of hydrogen-bond acceptors (Lipinski definition) is 8. The van der Waals surface area contributed by atoms with Gasteiger partial charge in [0.1, 0.15) is 11.4 Å². The van der Waals surface area contributed by atoms with Crippen molar-refractivity contribution in [3.63, 3.8) is 0 Å². The third kappa shape index (κ3) is 7.67. The lowest BCUT2D eigenvalue weighted by atomic mass is 10.2. The molecule has 0 bridgehead atoms. The molecule has 0 spiro atoms. The monoisotopic (exact) mass is 508 g/mol. The maximum absolute atomic E-state index is 12.1. The van der Waals surface area contributed by atoms with E-state index in [2.05, 4.69) is 26.3 Å². The summed E-state index contributed by atoms with van der Waals surface area (Å²) in [6.07, 6.45) is 4.41. The Balaban J connectivity index is 1.33. The van der Waals surface area contributed by atoms with Crippen LogP contribution >= 0.6 is 11.3 Å². The van der Waals surface area contributed by atoms with Crippen LogP contribution in [0.3, 0.4) is 0 Å². The predicted molar refractivity (Wildman–Crippen MR) is 143 cm³/mol. The van der Waals surface area contributed by atoms with E-state index in [4.69, 9.17) is 9.72 Å². The highest BCUT2D eigenvalue weighted by molar-refractivity contribution is 7.12. The number of carbonyl (C=O) groups excluding carboxylic acids is 2. The summed E-state index contributed by atoms with van der Waals surface area (Å²) in [5.74, 6) is 1.71. The first kappa shape index (κ1) is 25.4. The Hall–Kier alpha value is -3.66. The molecule has 4 N–H and O–H groups in total. The second kappa shape index (κ2) is 11.4. The van der Waals surface area contributed by atoms with Crippen molar-refractivity contribution in [2.45, 2.75) is 51.6 Å². The molecule has 1 saturated carbocycles. The van der Waals surface area contributed by atoms with Gasteiger partial charge in [0, 0.05) is 36.2 Å². The standard InChI is InChI=1S/C26H32N6O3S/c1-26(2,3)35-25(34)31-19-8-4-7-18(15-19)30-24-29-16-20(17-10-11-17)22(32-24)27-12-6-13-28-23(33)21-9-5-14-36-21/h4-5,7-9,14-17H,6,10-13H2,1-3H3,(H,28,33)(H,31,34)(H2,27,29,30,32). The summed E-state index contributed by atoms with van der Waals surface area (Å²) >= 11 is 1.43. The molecule has 4 rings (SSSR count). The number of rotatable bonds is 10. The number of nitrogens with one attached hydrogen (secondary N) is 4.